The number of carboxylic acids is 1. The van der Waals surface area contributed by atoms with E-state index in [9.17, 15) is 9.90 Å². The van der Waals surface area contributed by atoms with Gasteiger partial charge in [0.1, 0.15) is 0 Å². The highest BCUT2D eigenvalue weighted by atomic mass is 16.4. The van der Waals surface area contributed by atoms with Crippen molar-refractivity contribution in [3.8, 4) is 0 Å². The van der Waals surface area contributed by atoms with Gasteiger partial charge in [0.25, 0.3) is 0 Å². The number of carboxylic acid groups (broad SMARTS) is 1. The second-order valence-corrected chi connectivity index (χ2v) is 4.53. The van der Waals surface area contributed by atoms with Gasteiger partial charge in [-0.2, -0.15) is 0 Å². The van der Waals surface area contributed by atoms with Crippen LogP contribution in [0.4, 0.5) is 0 Å². The van der Waals surface area contributed by atoms with Gasteiger partial charge in [-0.05, 0) is 29.7 Å². The number of benzene rings is 2. The van der Waals surface area contributed by atoms with Crippen molar-refractivity contribution in [2.45, 2.75) is 6.92 Å². The molecule has 1 N–H and O–H groups in total. The number of aliphatic carboxylic acids is 1. The summed E-state index contributed by atoms with van der Waals surface area (Å²) in [4.78, 5) is 11.4. The fraction of sp³-hybridized carbons (Fsp3) is 0.0556. The van der Waals surface area contributed by atoms with Crippen molar-refractivity contribution in [2.75, 3.05) is 0 Å². The largest absolute Gasteiger partial charge is 0.478 e. The molecular weight excluding hydrogens is 248 g/mol. The lowest BCUT2D eigenvalue weighted by Gasteiger charge is -2.03. The van der Waals surface area contributed by atoms with Gasteiger partial charge in [0.15, 0.2) is 0 Å². The summed E-state index contributed by atoms with van der Waals surface area (Å²) < 4.78 is 0. The van der Waals surface area contributed by atoms with Crippen LogP contribution in [0.5, 0.6) is 0 Å². The molecule has 0 aromatic heterocycles. The van der Waals surface area contributed by atoms with E-state index in [0.717, 1.165) is 11.1 Å². The molecule has 100 valence electrons. The Labute approximate surface area is 118 Å². The van der Waals surface area contributed by atoms with Gasteiger partial charge in [-0.25, -0.2) is 4.79 Å². The molecule has 0 heterocycles. The van der Waals surface area contributed by atoms with E-state index in [1.165, 1.54) is 0 Å². The smallest absolute Gasteiger partial charge is 0.336 e. The number of rotatable bonds is 4. The minimum absolute atomic E-state index is 0.301. The van der Waals surface area contributed by atoms with E-state index >= 15 is 0 Å². The van der Waals surface area contributed by atoms with Gasteiger partial charge >= 0.3 is 5.97 Å². The van der Waals surface area contributed by atoms with Gasteiger partial charge in [-0.1, -0.05) is 66.7 Å². The lowest BCUT2D eigenvalue weighted by molar-refractivity contribution is -0.130. The average Bonchev–Trinajstić information content (AvgIpc) is 2.46. The second kappa shape index (κ2) is 6.53. The van der Waals surface area contributed by atoms with Crippen LogP contribution in [0.1, 0.15) is 18.1 Å². The zero-order valence-electron chi connectivity index (χ0n) is 11.3. The molecule has 2 nitrogen and oxygen atoms in total. The molecule has 2 aromatic rings. The number of carbonyl (C=O) groups is 1. The molecule has 0 fully saturated rings. The van der Waals surface area contributed by atoms with Crippen LogP contribution in [0.15, 0.2) is 72.3 Å². The Hall–Kier alpha value is -2.61. The average molecular weight is 264 g/mol. The molecule has 0 aliphatic carbocycles. The third-order valence-corrected chi connectivity index (χ3v) is 2.88. The molecule has 0 saturated heterocycles. The maximum Gasteiger partial charge on any atom is 0.336 e. The summed E-state index contributed by atoms with van der Waals surface area (Å²) in [6.07, 6.45) is 3.66. The van der Waals surface area contributed by atoms with E-state index < -0.39 is 5.97 Å². The standard InChI is InChI=1S/C18H16O2/c1-14(12-15-8-4-2-5-9-15)13-17(18(19)20)16-10-6-3-7-11-16/h2-13H,1H3,(H,19,20). The highest BCUT2D eigenvalue weighted by Gasteiger charge is 2.09. The first-order valence-corrected chi connectivity index (χ1v) is 6.40. The predicted molar refractivity (Wildman–Crippen MR) is 82.1 cm³/mol. The summed E-state index contributed by atoms with van der Waals surface area (Å²) in [6.45, 7) is 1.90. The molecule has 0 unspecified atom stereocenters. The number of hydrogen-bond acceptors (Lipinski definition) is 1. The van der Waals surface area contributed by atoms with Crippen molar-refractivity contribution < 1.29 is 9.90 Å². The normalized spacial score (nSPS) is 12.2. The topological polar surface area (TPSA) is 37.3 Å². The fourth-order valence-corrected chi connectivity index (χ4v) is 1.97. The zero-order chi connectivity index (χ0) is 14.4. The molecular formula is C18H16O2. The Balaban J connectivity index is 2.35. The zero-order valence-corrected chi connectivity index (χ0v) is 11.3. The molecule has 0 aliphatic rings. The summed E-state index contributed by atoms with van der Waals surface area (Å²) in [6, 6.07) is 19.0. The molecule has 0 radical (unpaired) electrons. The Morgan fingerprint density at radius 2 is 1.50 bits per heavy atom. The third-order valence-electron chi connectivity index (χ3n) is 2.88. The van der Waals surface area contributed by atoms with E-state index in [-0.39, 0.29) is 0 Å². The van der Waals surface area contributed by atoms with Crippen LogP contribution >= 0.6 is 0 Å². The van der Waals surface area contributed by atoms with Crippen LogP contribution in [0.3, 0.4) is 0 Å². The minimum Gasteiger partial charge on any atom is -0.478 e. The molecule has 0 bridgehead atoms. The Kier molecular flexibility index (Phi) is 4.51. The quantitative estimate of drug-likeness (QED) is 0.661. The van der Waals surface area contributed by atoms with Gasteiger partial charge in [0.05, 0.1) is 5.57 Å². The highest BCUT2D eigenvalue weighted by molar-refractivity contribution is 6.16. The third kappa shape index (κ3) is 3.69. The van der Waals surface area contributed by atoms with E-state index in [4.69, 9.17) is 0 Å². The first-order chi connectivity index (χ1) is 9.66. The van der Waals surface area contributed by atoms with Crippen molar-refractivity contribution >= 4 is 17.6 Å². The monoisotopic (exact) mass is 264 g/mol. The maximum atomic E-state index is 11.4. The Morgan fingerprint density at radius 3 is 2.05 bits per heavy atom. The van der Waals surface area contributed by atoms with Gasteiger partial charge in [-0.3, -0.25) is 0 Å². The SMILES string of the molecule is CC(=Cc1ccccc1)C=C(C(=O)O)c1ccccc1. The summed E-state index contributed by atoms with van der Waals surface area (Å²) in [5.41, 5.74) is 2.97. The van der Waals surface area contributed by atoms with Crippen LogP contribution in [0.2, 0.25) is 0 Å². The summed E-state index contributed by atoms with van der Waals surface area (Å²) in [7, 11) is 0. The molecule has 0 atom stereocenters. The Bertz CT molecular complexity index is 638. The fourth-order valence-electron chi connectivity index (χ4n) is 1.97. The van der Waals surface area contributed by atoms with Crippen molar-refractivity contribution in [2.24, 2.45) is 0 Å². The van der Waals surface area contributed by atoms with Crippen LogP contribution < -0.4 is 0 Å². The van der Waals surface area contributed by atoms with Crippen LogP contribution in [0.25, 0.3) is 11.6 Å². The summed E-state index contributed by atoms with van der Waals surface area (Å²) in [5, 5.41) is 9.35. The molecule has 0 amide bonds. The molecule has 0 saturated carbocycles. The highest BCUT2D eigenvalue weighted by Crippen LogP contribution is 2.18. The maximum absolute atomic E-state index is 11.4. The lowest BCUT2D eigenvalue weighted by Crippen LogP contribution is -1.99. The van der Waals surface area contributed by atoms with E-state index in [1.807, 2.05) is 61.5 Å². The van der Waals surface area contributed by atoms with Gasteiger partial charge in [-0.15, -0.1) is 0 Å². The van der Waals surface area contributed by atoms with Crippen LogP contribution in [-0.2, 0) is 4.79 Å². The summed E-state index contributed by atoms with van der Waals surface area (Å²) in [5.74, 6) is -0.919. The minimum atomic E-state index is -0.919. The number of hydrogen-bond donors (Lipinski definition) is 1. The van der Waals surface area contributed by atoms with Gasteiger partial charge < -0.3 is 5.11 Å². The van der Waals surface area contributed by atoms with E-state index in [1.54, 1.807) is 18.2 Å². The Morgan fingerprint density at radius 1 is 0.950 bits per heavy atom. The first-order valence-electron chi connectivity index (χ1n) is 6.40. The second-order valence-electron chi connectivity index (χ2n) is 4.53. The molecule has 0 spiro atoms. The molecule has 2 heteroatoms. The van der Waals surface area contributed by atoms with Crippen molar-refractivity contribution in [1.82, 2.24) is 0 Å². The molecule has 0 aliphatic heterocycles. The van der Waals surface area contributed by atoms with Gasteiger partial charge in [0.2, 0.25) is 0 Å². The summed E-state index contributed by atoms with van der Waals surface area (Å²) >= 11 is 0. The first kappa shape index (κ1) is 13.8. The predicted octanol–water partition coefficient (Wildman–Crippen LogP) is 4.26. The van der Waals surface area contributed by atoms with Gasteiger partial charge in [0, 0.05) is 0 Å². The molecule has 2 rings (SSSR count). The number of allylic oxidation sites excluding steroid dienone is 2. The van der Waals surface area contributed by atoms with Crippen molar-refractivity contribution in [1.29, 1.82) is 0 Å². The van der Waals surface area contributed by atoms with E-state index in [0.29, 0.717) is 11.1 Å². The lowest BCUT2D eigenvalue weighted by atomic mass is 10.0. The molecule has 2 aromatic carbocycles. The molecule has 20 heavy (non-hydrogen) atoms. The van der Waals surface area contributed by atoms with Crippen molar-refractivity contribution in [3.05, 3.63) is 83.4 Å². The van der Waals surface area contributed by atoms with E-state index in [2.05, 4.69) is 0 Å². The van der Waals surface area contributed by atoms with Crippen molar-refractivity contribution in [3.63, 3.8) is 0 Å². The van der Waals surface area contributed by atoms with Crippen LogP contribution in [-0.4, -0.2) is 11.1 Å². The van der Waals surface area contributed by atoms with Crippen LogP contribution in [0, 0.1) is 0 Å².